The Morgan fingerprint density at radius 1 is 1.04 bits per heavy atom. The molecule has 3 rings (SSSR count). The normalized spacial score (nSPS) is 12.0. The number of ether oxygens (including phenoxy) is 1. The van der Waals surface area contributed by atoms with Crippen LogP contribution in [0.3, 0.4) is 0 Å². The van der Waals surface area contributed by atoms with Gasteiger partial charge in [-0.05, 0) is 60.7 Å². The smallest absolute Gasteiger partial charge is 0.183 e. The van der Waals surface area contributed by atoms with Crippen molar-refractivity contribution in [3.8, 4) is 5.75 Å². The SMILES string of the molecule is Cc1ccn2c(N=Nc3ccc(OCC(C)C)cc3)c(C(C)C)nc2c1. The number of nitrogens with zero attached hydrogens (tertiary/aromatic N) is 4. The summed E-state index contributed by atoms with van der Waals surface area (Å²) in [4.78, 5) is 4.73. The molecular formula is C21H26N4O. The molecule has 0 aliphatic heterocycles. The molecule has 5 heteroatoms. The third-order valence-corrected chi connectivity index (χ3v) is 4.01. The van der Waals surface area contributed by atoms with Crippen molar-refractivity contribution >= 4 is 17.2 Å². The second-order valence-electron chi connectivity index (χ2n) is 7.31. The predicted molar refractivity (Wildman–Crippen MR) is 105 cm³/mol. The summed E-state index contributed by atoms with van der Waals surface area (Å²) < 4.78 is 7.70. The fourth-order valence-corrected chi connectivity index (χ4v) is 2.62. The summed E-state index contributed by atoms with van der Waals surface area (Å²) in [5.41, 5.74) is 3.83. The van der Waals surface area contributed by atoms with Crippen LogP contribution in [0.4, 0.5) is 11.5 Å². The zero-order valence-corrected chi connectivity index (χ0v) is 16.1. The lowest BCUT2D eigenvalue weighted by Crippen LogP contribution is -2.03. The first-order chi connectivity index (χ1) is 12.4. The zero-order chi connectivity index (χ0) is 18.7. The molecule has 26 heavy (non-hydrogen) atoms. The number of hydrogen-bond donors (Lipinski definition) is 0. The van der Waals surface area contributed by atoms with Crippen LogP contribution in [0.15, 0.2) is 52.8 Å². The molecule has 5 nitrogen and oxygen atoms in total. The van der Waals surface area contributed by atoms with Crippen LogP contribution >= 0.6 is 0 Å². The second-order valence-corrected chi connectivity index (χ2v) is 7.31. The molecule has 0 radical (unpaired) electrons. The average molecular weight is 350 g/mol. The van der Waals surface area contributed by atoms with Crippen LogP contribution in [0.1, 0.15) is 44.9 Å². The fraction of sp³-hybridized carbons (Fsp3) is 0.381. The minimum Gasteiger partial charge on any atom is -0.493 e. The Morgan fingerprint density at radius 2 is 1.77 bits per heavy atom. The Bertz CT molecular complexity index is 908. The highest BCUT2D eigenvalue weighted by Crippen LogP contribution is 2.30. The van der Waals surface area contributed by atoms with Crippen molar-refractivity contribution in [3.63, 3.8) is 0 Å². The quantitative estimate of drug-likeness (QED) is 0.496. The van der Waals surface area contributed by atoms with E-state index in [1.165, 1.54) is 5.56 Å². The fourth-order valence-electron chi connectivity index (χ4n) is 2.62. The Balaban J connectivity index is 1.87. The van der Waals surface area contributed by atoms with Crippen LogP contribution in [0.2, 0.25) is 0 Å². The highest BCUT2D eigenvalue weighted by atomic mass is 16.5. The molecular weight excluding hydrogens is 324 g/mol. The van der Waals surface area contributed by atoms with Gasteiger partial charge in [0, 0.05) is 6.20 Å². The standard InChI is InChI=1S/C21H26N4O/c1-14(2)13-26-18-8-6-17(7-9-18)23-24-21-20(15(3)4)22-19-12-16(5)10-11-25(19)21/h6-12,14-15H,13H2,1-5H3. The lowest BCUT2D eigenvalue weighted by Gasteiger charge is -2.08. The first-order valence-electron chi connectivity index (χ1n) is 9.07. The maximum Gasteiger partial charge on any atom is 0.183 e. The molecule has 0 saturated heterocycles. The summed E-state index contributed by atoms with van der Waals surface area (Å²) >= 11 is 0. The van der Waals surface area contributed by atoms with Gasteiger partial charge in [0.1, 0.15) is 11.4 Å². The van der Waals surface area contributed by atoms with E-state index in [0.717, 1.165) is 28.6 Å². The molecule has 1 aromatic carbocycles. The number of aromatic nitrogens is 2. The van der Waals surface area contributed by atoms with Crippen LogP contribution < -0.4 is 4.74 Å². The minimum absolute atomic E-state index is 0.274. The predicted octanol–water partition coefficient (Wildman–Crippen LogP) is 6.22. The van der Waals surface area contributed by atoms with E-state index in [1.54, 1.807) is 0 Å². The number of fused-ring (bicyclic) bond motifs is 1. The van der Waals surface area contributed by atoms with Crippen molar-refractivity contribution in [1.29, 1.82) is 0 Å². The van der Waals surface area contributed by atoms with E-state index in [2.05, 4.69) is 57.0 Å². The molecule has 0 aliphatic rings. The number of azo groups is 1. The lowest BCUT2D eigenvalue weighted by molar-refractivity contribution is 0.271. The van der Waals surface area contributed by atoms with E-state index in [9.17, 15) is 0 Å². The third kappa shape index (κ3) is 4.10. The number of imidazole rings is 1. The van der Waals surface area contributed by atoms with E-state index < -0.39 is 0 Å². The highest BCUT2D eigenvalue weighted by molar-refractivity contribution is 5.54. The van der Waals surface area contributed by atoms with Crippen molar-refractivity contribution in [1.82, 2.24) is 9.38 Å². The van der Waals surface area contributed by atoms with Crippen molar-refractivity contribution in [2.24, 2.45) is 16.1 Å². The molecule has 0 aliphatic carbocycles. The molecule has 0 unspecified atom stereocenters. The molecule has 2 aromatic heterocycles. The van der Waals surface area contributed by atoms with Gasteiger partial charge in [-0.3, -0.25) is 4.40 Å². The van der Waals surface area contributed by atoms with Crippen LogP contribution in [-0.4, -0.2) is 16.0 Å². The Labute approximate surface area is 154 Å². The molecule has 0 amide bonds. The lowest BCUT2D eigenvalue weighted by atomic mass is 10.1. The van der Waals surface area contributed by atoms with Gasteiger partial charge in [-0.2, -0.15) is 0 Å². The van der Waals surface area contributed by atoms with Gasteiger partial charge in [0.2, 0.25) is 0 Å². The largest absolute Gasteiger partial charge is 0.493 e. The van der Waals surface area contributed by atoms with E-state index >= 15 is 0 Å². The Morgan fingerprint density at radius 3 is 2.42 bits per heavy atom. The molecule has 136 valence electrons. The van der Waals surface area contributed by atoms with Gasteiger partial charge in [0.25, 0.3) is 0 Å². The third-order valence-electron chi connectivity index (χ3n) is 4.01. The van der Waals surface area contributed by atoms with Crippen LogP contribution in [-0.2, 0) is 0 Å². The number of benzene rings is 1. The highest BCUT2D eigenvalue weighted by Gasteiger charge is 2.15. The van der Waals surface area contributed by atoms with Gasteiger partial charge in [-0.25, -0.2) is 4.98 Å². The second kappa shape index (κ2) is 7.68. The van der Waals surface area contributed by atoms with E-state index in [-0.39, 0.29) is 5.92 Å². The van der Waals surface area contributed by atoms with E-state index in [0.29, 0.717) is 12.5 Å². The molecule has 0 spiro atoms. The molecule has 0 bridgehead atoms. The van der Waals surface area contributed by atoms with Crippen molar-refractivity contribution in [3.05, 3.63) is 53.9 Å². The maximum absolute atomic E-state index is 5.71. The van der Waals surface area contributed by atoms with Crippen LogP contribution in [0.25, 0.3) is 5.65 Å². The summed E-state index contributed by atoms with van der Waals surface area (Å²) in [6.07, 6.45) is 2.00. The van der Waals surface area contributed by atoms with Gasteiger partial charge in [-0.15, -0.1) is 10.2 Å². The van der Waals surface area contributed by atoms with Crippen molar-refractivity contribution in [2.45, 2.75) is 40.5 Å². The first-order valence-corrected chi connectivity index (χ1v) is 9.07. The molecule has 0 atom stereocenters. The zero-order valence-electron chi connectivity index (χ0n) is 16.1. The molecule has 3 aromatic rings. The summed E-state index contributed by atoms with van der Waals surface area (Å²) in [6.45, 7) is 11.3. The first kappa shape index (κ1) is 18.1. The summed E-state index contributed by atoms with van der Waals surface area (Å²) in [6, 6.07) is 11.8. The van der Waals surface area contributed by atoms with E-state index in [4.69, 9.17) is 9.72 Å². The monoisotopic (exact) mass is 350 g/mol. The van der Waals surface area contributed by atoms with Crippen LogP contribution in [0.5, 0.6) is 5.75 Å². The topological polar surface area (TPSA) is 51.2 Å². The summed E-state index contributed by atoms with van der Waals surface area (Å²) in [7, 11) is 0. The molecule has 0 fully saturated rings. The number of hydrogen-bond acceptors (Lipinski definition) is 4. The summed E-state index contributed by atoms with van der Waals surface area (Å²) in [5.74, 6) is 2.42. The van der Waals surface area contributed by atoms with Gasteiger partial charge in [0.05, 0.1) is 18.0 Å². The van der Waals surface area contributed by atoms with Crippen molar-refractivity contribution in [2.75, 3.05) is 6.61 Å². The average Bonchev–Trinajstić information content (AvgIpc) is 2.97. The van der Waals surface area contributed by atoms with Crippen LogP contribution in [0, 0.1) is 12.8 Å². The Kier molecular flexibility index (Phi) is 5.35. The number of aryl methyl sites for hydroxylation is 1. The molecule has 0 saturated carbocycles. The van der Waals surface area contributed by atoms with Gasteiger partial charge in [-0.1, -0.05) is 27.7 Å². The maximum atomic E-state index is 5.71. The minimum atomic E-state index is 0.274. The summed E-state index contributed by atoms with van der Waals surface area (Å²) in [5, 5.41) is 8.91. The van der Waals surface area contributed by atoms with Gasteiger partial charge in [0.15, 0.2) is 5.82 Å². The Hall–Kier alpha value is -2.69. The number of rotatable bonds is 6. The van der Waals surface area contributed by atoms with Gasteiger partial charge >= 0.3 is 0 Å². The molecule has 0 N–H and O–H groups in total. The van der Waals surface area contributed by atoms with Gasteiger partial charge < -0.3 is 4.74 Å². The number of pyridine rings is 1. The van der Waals surface area contributed by atoms with Crippen molar-refractivity contribution < 1.29 is 4.74 Å². The van der Waals surface area contributed by atoms with E-state index in [1.807, 2.05) is 34.9 Å². The molecule has 2 heterocycles.